The summed E-state index contributed by atoms with van der Waals surface area (Å²) in [6.45, 7) is 0. The molecular weight excluding hydrogens is 200 g/mol. The average Bonchev–Trinajstić information content (AvgIpc) is 2.69. The van der Waals surface area contributed by atoms with Crippen LogP contribution in [0.15, 0.2) is 39.9 Å². The highest BCUT2D eigenvalue weighted by Gasteiger charge is 1.97. The molecule has 0 spiro atoms. The highest BCUT2D eigenvalue weighted by Crippen LogP contribution is 2.26. The number of nitrogens with zero attached hydrogens (tertiary/aromatic N) is 4. The molecule has 1 aromatic carbocycles. The normalized spacial score (nSPS) is 10.9. The van der Waals surface area contributed by atoms with Gasteiger partial charge in [-0.2, -0.15) is 0 Å². The fourth-order valence-corrected chi connectivity index (χ4v) is 1.22. The van der Waals surface area contributed by atoms with Gasteiger partial charge in [-0.25, -0.2) is 0 Å². The Balaban J connectivity index is 2.23. The van der Waals surface area contributed by atoms with Crippen LogP contribution in [0.5, 0.6) is 5.75 Å². The highest BCUT2D eigenvalue weighted by atomic mass is 32.1. The van der Waals surface area contributed by atoms with Crippen molar-refractivity contribution in [2.75, 3.05) is 0 Å². The Kier molecular flexibility index (Phi) is 2.46. The minimum Gasteiger partial charge on any atom is -0.506 e. The SMILES string of the molecule is Oc1ccccc1/N=N/c1csnn1. The fourth-order valence-electron chi connectivity index (χ4n) is 0.857. The quantitative estimate of drug-likeness (QED) is 0.768. The molecule has 1 N–H and O–H groups in total. The van der Waals surface area contributed by atoms with Gasteiger partial charge in [-0.3, -0.25) is 0 Å². The molecule has 0 aliphatic carbocycles. The lowest BCUT2D eigenvalue weighted by Crippen LogP contribution is -1.66. The van der Waals surface area contributed by atoms with Gasteiger partial charge >= 0.3 is 0 Å². The molecule has 2 aromatic rings. The molecule has 0 fully saturated rings. The summed E-state index contributed by atoms with van der Waals surface area (Å²) < 4.78 is 3.63. The van der Waals surface area contributed by atoms with E-state index in [1.54, 1.807) is 29.6 Å². The molecule has 0 saturated carbocycles. The maximum Gasteiger partial charge on any atom is 0.208 e. The lowest BCUT2D eigenvalue weighted by Gasteiger charge is -1.93. The van der Waals surface area contributed by atoms with Gasteiger partial charge in [0.15, 0.2) is 0 Å². The van der Waals surface area contributed by atoms with Crippen LogP contribution in [0.2, 0.25) is 0 Å². The number of hydrogen-bond donors (Lipinski definition) is 1. The van der Waals surface area contributed by atoms with Crippen LogP contribution >= 0.6 is 11.5 Å². The molecule has 14 heavy (non-hydrogen) atoms. The molecule has 70 valence electrons. The number of rotatable bonds is 2. The van der Waals surface area contributed by atoms with Crippen molar-refractivity contribution in [1.29, 1.82) is 0 Å². The molecule has 6 heteroatoms. The first kappa shape index (κ1) is 8.76. The van der Waals surface area contributed by atoms with Crippen LogP contribution in [0.1, 0.15) is 0 Å². The molecule has 0 aliphatic rings. The largest absolute Gasteiger partial charge is 0.506 e. The van der Waals surface area contributed by atoms with Crippen molar-refractivity contribution in [2.45, 2.75) is 0 Å². The monoisotopic (exact) mass is 206 g/mol. The number of para-hydroxylation sites is 1. The Morgan fingerprint density at radius 3 is 2.79 bits per heavy atom. The van der Waals surface area contributed by atoms with Crippen molar-refractivity contribution >= 4 is 23.0 Å². The second-order valence-corrected chi connectivity index (χ2v) is 3.06. The first-order chi connectivity index (χ1) is 6.86. The second-order valence-electron chi connectivity index (χ2n) is 2.45. The molecule has 0 atom stereocenters. The summed E-state index contributed by atoms with van der Waals surface area (Å²) in [5.41, 5.74) is 0.417. The van der Waals surface area contributed by atoms with E-state index in [0.29, 0.717) is 11.5 Å². The first-order valence-electron chi connectivity index (χ1n) is 3.83. The minimum absolute atomic E-state index is 0.0967. The van der Waals surface area contributed by atoms with Gasteiger partial charge in [0.1, 0.15) is 11.4 Å². The summed E-state index contributed by atoms with van der Waals surface area (Å²) in [7, 11) is 0. The molecule has 0 saturated heterocycles. The van der Waals surface area contributed by atoms with Crippen LogP contribution in [0, 0.1) is 0 Å². The van der Waals surface area contributed by atoms with Gasteiger partial charge < -0.3 is 5.11 Å². The third-order valence-corrected chi connectivity index (χ3v) is 1.98. The molecule has 1 aromatic heterocycles. The summed E-state index contributed by atoms with van der Waals surface area (Å²) in [5.74, 6) is 0.540. The zero-order valence-corrected chi connectivity index (χ0v) is 7.85. The van der Waals surface area contributed by atoms with Crippen LogP contribution in [0.25, 0.3) is 0 Å². The second kappa shape index (κ2) is 3.93. The van der Waals surface area contributed by atoms with Gasteiger partial charge in [0.05, 0.1) is 5.38 Å². The molecule has 1 heterocycles. The maximum absolute atomic E-state index is 9.35. The van der Waals surface area contributed by atoms with Gasteiger partial charge in [-0.1, -0.05) is 16.6 Å². The molecule has 5 nitrogen and oxygen atoms in total. The molecule has 0 aliphatic heterocycles. The van der Waals surface area contributed by atoms with E-state index >= 15 is 0 Å². The van der Waals surface area contributed by atoms with Gasteiger partial charge in [-0.15, -0.1) is 15.3 Å². The lowest BCUT2D eigenvalue weighted by molar-refractivity contribution is 0.476. The Bertz CT molecular complexity index is 440. The van der Waals surface area contributed by atoms with Gasteiger partial charge in [0.25, 0.3) is 0 Å². The van der Waals surface area contributed by atoms with E-state index in [-0.39, 0.29) is 5.75 Å². The minimum atomic E-state index is 0.0967. The summed E-state index contributed by atoms with van der Waals surface area (Å²) in [6.07, 6.45) is 0. The Morgan fingerprint density at radius 2 is 2.07 bits per heavy atom. The third-order valence-electron chi connectivity index (χ3n) is 1.49. The predicted molar refractivity (Wildman–Crippen MR) is 52.2 cm³/mol. The van der Waals surface area contributed by atoms with Crippen molar-refractivity contribution in [2.24, 2.45) is 10.2 Å². The van der Waals surface area contributed by atoms with Gasteiger partial charge in [0, 0.05) is 0 Å². The standard InChI is InChI=1S/C8H6N4OS/c13-7-4-2-1-3-6(7)9-10-8-5-14-12-11-8/h1-5,13H/b10-9+. The fraction of sp³-hybridized carbons (Fsp3) is 0. The predicted octanol–water partition coefficient (Wildman–Crippen LogP) is 2.66. The summed E-state index contributed by atoms with van der Waals surface area (Å²) in [4.78, 5) is 0. The highest BCUT2D eigenvalue weighted by molar-refractivity contribution is 7.03. The van der Waals surface area contributed by atoms with E-state index in [9.17, 15) is 5.11 Å². The number of phenols is 1. The van der Waals surface area contributed by atoms with Crippen molar-refractivity contribution in [3.63, 3.8) is 0 Å². The number of benzene rings is 1. The molecular formula is C8H6N4OS. The third kappa shape index (κ3) is 1.91. The van der Waals surface area contributed by atoms with E-state index in [4.69, 9.17) is 0 Å². The molecule has 0 bridgehead atoms. The maximum atomic E-state index is 9.35. The molecule has 0 unspecified atom stereocenters. The van der Waals surface area contributed by atoms with E-state index in [0.717, 1.165) is 0 Å². The van der Waals surface area contributed by atoms with E-state index < -0.39 is 0 Å². The van der Waals surface area contributed by atoms with E-state index in [1.807, 2.05) is 0 Å². The smallest absolute Gasteiger partial charge is 0.208 e. The summed E-state index contributed by atoms with van der Waals surface area (Å²) in [6, 6.07) is 6.71. The van der Waals surface area contributed by atoms with Crippen molar-refractivity contribution in [3.05, 3.63) is 29.6 Å². The molecule has 2 rings (SSSR count). The Labute approximate surface area is 83.9 Å². The molecule has 0 radical (unpaired) electrons. The number of azo groups is 1. The van der Waals surface area contributed by atoms with E-state index in [1.165, 1.54) is 11.5 Å². The number of phenolic OH excluding ortho intramolecular Hbond substituents is 1. The topological polar surface area (TPSA) is 70.7 Å². The Morgan fingerprint density at radius 1 is 1.21 bits per heavy atom. The van der Waals surface area contributed by atoms with Crippen molar-refractivity contribution < 1.29 is 5.11 Å². The Hall–Kier alpha value is -1.82. The van der Waals surface area contributed by atoms with Crippen LogP contribution in [0.3, 0.4) is 0 Å². The van der Waals surface area contributed by atoms with Gasteiger partial charge in [-0.05, 0) is 23.7 Å². The summed E-state index contributed by atoms with van der Waals surface area (Å²) in [5, 5.41) is 22.3. The van der Waals surface area contributed by atoms with Gasteiger partial charge in [0.2, 0.25) is 5.82 Å². The van der Waals surface area contributed by atoms with Crippen LogP contribution < -0.4 is 0 Å². The number of aromatic nitrogens is 2. The van der Waals surface area contributed by atoms with E-state index in [2.05, 4.69) is 19.8 Å². The van der Waals surface area contributed by atoms with Crippen LogP contribution in [0.4, 0.5) is 11.5 Å². The van der Waals surface area contributed by atoms with Crippen molar-refractivity contribution in [1.82, 2.24) is 9.59 Å². The number of hydrogen-bond acceptors (Lipinski definition) is 6. The van der Waals surface area contributed by atoms with Crippen LogP contribution in [-0.4, -0.2) is 14.7 Å². The zero-order valence-electron chi connectivity index (χ0n) is 7.03. The first-order valence-corrected chi connectivity index (χ1v) is 4.67. The zero-order chi connectivity index (χ0) is 9.80. The average molecular weight is 206 g/mol. The summed E-state index contributed by atoms with van der Waals surface area (Å²) >= 11 is 1.20. The lowest BCUT2D eigenvalue weighted by atomic mass is 10.3. The van der Waals surface area contributed by atoms with Crippen molar-refractivity contribution in [3.8, 4) is 5.75 Å². The van der Waals surface area contributed by atoms with Crippen LogP contribution in [-0.2, 0) is 0 Å². The molecule has 0 amide bonds. The number of aromatic hydroxyl groups is 1.